The standard InChI is InChI=1S/C20H23N5O2/c1-14-8-9-15(12-21-14)22-20(26)23-16-6-5-7-17-19(16)24-18(27-17)13-25-10-3-2-4-11-25/h5-9,12H,2-4,10-11,13H2,1H3,(H2,22,23,26). The predicted octanol–water partition coefficient (Wildman–Crippen LogP) is 4.16. The van der Waals surface area contributed by atoms with Crippen LogP contribution in [0.4, 0.5) is 16.2 Å². The van der Waals surface area contributed by atoms with Gasteiger partial charge in [-0.25, -0.2) is 9.78 Å². The molecule has 0 saturated carbocycles. The first-order chi connectivity index (χ1) is 13.2. The van der Waals surface area contributed by atoms with Gasteiger partial charge in [-0.2, -0.15) is 0 Å². The number of nitrogens with one attached hydrogen (secondary N) is 2. The van der Waals surface area contributed by atoms with E-state index in [1.54, 1.807) is 6.20 Å². The lowest BCUT2D eigenvalue weighted by Crippen LogP contribution is -2.29. The average Bonchev–Trinajstić information content (AvgIpc) is 3.08. The van der Waals surface area contributed by atoms with Crippen LogP contribution in [0, 0.1) is 6.92 Å². The van der Waals surface area contributed by atoms with Crippen molar-refractivity contribution in [2.24, 2.45) is 0 Å². The van der Waals surface area contributed by atoms with E-state index in [2.05, 4.69) is 25.5 Å². The van der Waals surface area contributed by atoms with Crippen LogP contribution in [0.3, 0.4) is 0 Å². The molecule has 3 aromatic rings. The normalized spacial score (nSPS) is 15.0. The second kappa shape index (κ2) is 7.75. The van der Waals surface area contributed by atoms with Crippen LogP contribution in [0.5, 0.6) is 0 Å². The van der Waals surface area contributed by atoms with Crippen molar-refractivity contribution in [1.29, 1.82) is 0 Å². The third kappa shape index (κ3) is 4.25. The van der Waals surface area contributed by atoms with E-state index < -0.39 is 0 Å². The van der Waals surface area contributed by atoms with E-state index in [4.69, 9.17) is 4.42 Å². The van der Waals surface area contributed by atoms with Gasteiger partial charge in [0.1, 0.15) is 5.52 Å². The van der Waals surface area contributed by atoms with Gasteiger partial charge in [-0.15, -0.1) is 0 Å². The first-order valence-electron chi connectivity index (χ1n) is 9.29. The van der Waals surface area contributed by atoms with E-state index in [1.807, 2.05) is 37.3 Å². The highest BCUT2D eigenvalue weighted by Crippen LogP contribution is 2.25. The Morgan fingerprint density at radius 2 is 2.00 bits per heavy atom. The molecule has 1 saturated heterocycles. The summed E-state index contributed by atoms with van der Waals surface area (Å²) in [6, 6.07) is 8.86. The fraction of sp³-hybridized carbons (Fsp3) is 0.350. The minimum Gasteiger partial charge on any atom is -0.439 e. The molecule has 2 amide bonds. The van der Waals surface area contributed by atoms with Gasteiger partial charge < -0.3 is 15.1 Å². The number of nitrogens with zero attached hydrogens (tertiary/aromatic N) is 3. The first-order valence-corrected chi connectivity index (χ1v) is 9.29. The van der Waals surface area contributed by atoms with Crippen LogP contribution in [-0.4, -0.2) is 34.0 Å². The van der Waals surface area contributed by atoms with Crippen molar-refractivity contribution < 1.29 is 9.21 Å². The third-order valence-electron chi connectivity index (χ3n) is 4.69. The molecule has 1 aliphatic rings. The molecule has 0 spiro atoms. The number of rotatable bonds is 4. The Kier molecular flexibility index (Phi) is 5.02. The fourth-order valence-electron chi connectivity index (χ4n) is 3.30. The number of pyridine rings is 1. The molecule has 0 atom stereocenters. The number of oxazole rings is 1. The van der Waals surface area contributed by atoms with Gasteiger partial charge in [-0.05, 0) is 57.1 Å². The van der Waals surface area contributed by atoms with Crippen molar-refractivity contribution in [3.63, 3.8) is 0 Å². The summed E-state index contributed by atoms with van der Waals surface area (Å²) in [5.74, 6) is 0.685. The molecule has 140 valence electrons. The molecule has 3 heterocycles. The Morgan fingerprint density at radius 3 is 2.78 bits per heavy atom. The largest absolute Gasteiger partial charge is 0.439 e. The quantitative estimate of drug-likeness (QED) is 0.725. The van der Waals surface area contributed by atoms with Crippen molar-refractivity contribution >= 4 is 28.5 Å². The lowest BCUT2D eigenvalue weighted by Gasteiger charge is -2.24. The van der Waals surface area contributed by atoms with E-state index >= 15 is 0 Å². The summed E-state index contributed by atoms with van der Waals surface area (Å²) in [6.45, 7) is 4.76. The van der Waals surface area contributed by atoms with E-state index in [1.165, 1.54) is 19.3 Å². The van der Waals surface area contributed by atoms with Crippen LogP contribution in [0.2, 0.25) is 0 Å². The number of hydrogen-bond acceptors (Lipinski definition) is 5. The van der Waals surface area contributed by atoms with Gasteiger partial charge in [-0.1, -0.05) is 12.5 Å². The number of anilines is 2. The lowest BCUT2D eigenvalue weighted by atomic mass is 10.1. The summed E-state index contributed by atoms with van der Waals surface area (Å²) < 4.78 is 5.89. The molecule has 7 heteroatoms. The molecular weight excluding hydrogens is 342 g/mol. The summed E-state index contributed by atoms with van der Waals surface area (Å²) in [7, 11) is 0. The molecule has 2 aromatic heterocycles. The Labute approximate surface area is 157 Å². The van der Waals surface area contributed by atoms with Crippen LogP contribution in [0.1, 0.15) is 30.8 Å². The van der Waals surface area contributed by atoms with Gasteiger partial charge in [-0.3, -0.25) is 9.88 Å². The highest BCUT2D eigenvalue weighted by atomic mass is 16.3. The number of carbonyl (C=O) groups excluding carboxylic acids is 1. The minimum atomic E-state index is -0.339. The van der Waals surface area contributed by atoms with E-state index in [0.29, 0.717) is 34.9 Å². The number of aromatic nitrogens is 2. The molecule has 1 aromatic carbocycles. The molecule has 0 aliphatic carbocycles. The number of likely N-dealkylation sites (tertiary alicyclic amines) is 1. The number of para-hydroxylation sites is 1. The number of urea groups is 1. The number of fused-ring (bicyclic) bond motifs is 1. The second-order valence-electron chi connectivity index (χ2n) is 6.86. The zero-order chi connectivity index (χ0) is 18.6. The summed E-state index contributed by atoms with van der Waals surface area (Å²) >= 11 is 0. The summed E-state index contributed by atoms with van der Waals surface area (Å²) in [5, 5.41) is 5.63. The maximum atomic E-state index is 12.3. The number of hydrogen-bond donors (Lipinski definition) is 2. The molecule has 2 N–H and O–H groups in total. The topological polar surface area (TPSA) is 83.3 Å². The maximum Gasteiger partial charge on any atom is 0.323 e. The van der Waals surface area contributed by atoms with Crippen molar-refractivity contribution in [1.82, 2.24) is 14.9 Å². The highest BCUT2D eigenvalue weighted by molar-refractivity contribution is 6.04. The van der Waals surface area contributed by atoms with Crippen molar-refractivity contribution in [2.75, 3.05) is 23.7 Å². The number of aryl methyl sites for hydroxylation is 1. The highest BCUT2D eigenvalue weighted by Gasteiger charge is 2.16. The van der Waals surface area contributed by atoms with Gasteiger partial charge in [0.25, 0.3) is 0 Å². The van der Waals surface area contributed by atoms with E-state index in [0.717, 1.165) is 18.8 Å². The molecule has 7 nitrogen and oxygen atoms in total. The average molecular weight is 365 g/mol. The fourth-order valence-corrected chi connectivity index (χ4v) is 3.30. The van der Waals surface area contributed by atoms with E-state index in [-0.39, 0.29) is 6.03 Å². The SMILES string of the molecule is Cc1ccc(NC(=O)Nc2cccc3oc(CN4CCCCC4)nc23)cn1. The molecule has 0 bridgehead atoms. The van der Waals surface area contributed by atoms with Crippen LogP contribution >= 0.6 is 0 Å². The summed E-state index contributed by atoms with van der Waals surface area (Å²) in [4.78, 5) is 23.5. The van der Waals surface area contributed by atoms with Gasteiger partial charge in [0, 0.05) is 5.69 Å². The number of amides is 2. The molecule has 0 radical (unpaired) electrons. The molecule has 1 aliphatic heterocycles. The molecule has 0 unspecified atom stereocenters. The van der Waals surface area contributed by atoms with Crippen LogP contribution < -0.4 is 10.6 Å². The second-order valence-corrected chi connectivity index (χ2v) is 6.86. The Morgan fingerprint density at radius 1 is 1.15 bits per heavy atom. The Balaban J connectivity index is 1.47. The first kappa shape index (κ1) is 17.5. The number of piperidine rings is 1. The Hall–Kier alpha value is -2.93. The number of carbonyl (C=O) groups is 1. The van der Waals surface area contributed by atoms with E-state index in [9.17, 15) is 4.79 Å². The molecular formula is C20H23N5O2. The van der Waals surface area contributed by atoms with Gasteiger partial charge in [0.2, 0.25) is 5.89 Å². The van der Waals surface area contributed by atoms with Crippen LogP contribution in [-0.2, 0) is 6.54 Å². The lowest BCUT2D eigenvalue weighted by molar-refractivity contribution is 0.203. The van der Waals surface area contributed by atoms with Crippen molar-refractivity contribution in [2.45, 2.75) is 32.7 Å². The minimum absolute atomic E-state index is 0.339. The zero-order valence-corrected chi connectivity index (χ0v) is 15.4. The Bertz CT molecular complexity index is 929. The molecule has 27 heavy (non-hydrogen) atoms. The van der Waals surface area contributed by atoms with Gasteiger partial charge in [0.05, 0.1) is 24.1 Å². The summed E-state index contributed by atoms with van der Waals surface area (Å²) in [5.41, 5.74) is 3.50. The van der Waals surface area contributed by atoms with Gasteiger partial charge in [0.15, 0.2) is 5.58 Å². The number of benzene rings is 1. The predicted molar refractivity (Wildman–Crippen MR) is 105 cm³/mol. The van der Waals surface area contributed by atoms with Crippen LogP contribution in [0.15, 0.2) is 40.9 Å². The molecule has 4 rings (SSSR count). The van der Waals surface area contributed by atoms with Crippen molar-refractivity contribution in [3.8, 4) is 0 Å². The molecule has 1 fully saturated rings. The smallest absolute Gasteiger partial charge is 0.323 e. The van der Waals surface area contributed by atoms with Crippen LogP contribution in [0.25, 0.3) is 11.1 Å². The van der Waals surface area contributed by atoms with Crippen molar-refractivity contribution in [3.05, 3.63) is 48.1 Å². The summed E-state index contributed by atoms with van der Waals surface area (Å²) in [6.07, 6.45) is 5.37. The third-order valence-corrected chi connectivity index (χ3v) is 4.69. The maximum absolute atomic E-state index is 12.3. The monoisotopic (exact) mass is 365 g/mol. The zero-order valence-electron chi connectivity index (χ0n) is 15.4. The van der Waals surface area contributed by atoms with Gasteiger partial charge >= 0.3 is 6.03 Å².